The van der Waals surface area contributed by atoms with E-state index in [1.54, 1.807) is 24.3 Å². The Kier molecular flexibility index (Phi) is 4.93. The molecule has 5 rings (SSSR count). The van der Waals surface area contributed by atoms with Crippen LogP contribution in [0, 0.1) is 28.6 Å². The van der Waals surface area contributed by atoms with Crippen molar-refractivity contribution in [3.05, 3.63) is 59.7 Å². The Hall–Kier alpha value is -1.72. The lowest BCUT2D eigenvalue weighted by Gasteiger charge is -2.56. The summed E-state index contributed by atoms with van der Waals surface area (Å²) in [6.07, 6.45) is 8.00. The zero-order chi connectivity index (χ0) is 22.9. The number of Topliss-reactive ketones (excluding diaryl/α,β-unsaturated/α-hetero) is 1. The molecule has 0 radical (unpaired) electrons. The maximum atomic E-state index is 13.7. The topological polar surface area (TPSA) is 68.3 Å². The number of hydrogen-bond donors (Lipinski definition) is 0. The van der Waals surface area contributed by atoms with E-state index in [1.807, 2.05) is 31.2 Å². The molecule has 4 nitrogen and oxygen atoms in total. The van der Waals surface area contributed by atoms with Crippen LogP contribution < -0.4 is 0 Å². The van der Waals surface area contributed by atoms with E-state index < -0.39 is 24.9 Å². The molecule has 0 aliphatic heterocycles. The summed E-state index contributed by atoms with van der Waals surface area (Å²) in [4.78, 5) is 25.6. The van der Waals surface area contributed by atoms with Crippen molar-refractivity contribution >= 4 is 33.0 Å². The molecule has 4 aliphatic carbocycles. The molecule has 0 amide bonds. The van der Waals surface area contributed by atoms with Gasteiger partial charge in [-0.3, -0.25) is 9.59 Å². The molecule has 0 bridgehead atoms. The summed E-state index contributed by atoms with van der Waals surface area (Å²) < 4.78 is 25.9. The molecule has 6 atom stereocenters. The van der Waals surface area contributed by atoms with Gasteiger partial charge in [-0.25, -0.2) is 8.42 Å². The molecule has 0 unspecified atom stereocenters. The van der Waals surface area contributed by atoms with E-state index in [1.165, 1.54) is 0 Å². The van der Waals surface area contributed by atoms with Crippen LogP contribution in [0.2, 0.25) is 0 Å². The van der Waals surface area contributed by atoms with Crippen LogP contribution >= 0.6 is 11.6 Å². The first kappa shape index (κ1) is 22.1. The third kappa shape index (κ3) is 2.89. The quantitative estimate of drug-likeness (QED) is 0.579. The molecule has 4 aliphatic rings. The van der Waals surface area contributed by atoms with Gasteiger partial charge in [-0.15, -0.1) is 11.6 Å². The highest BCUT2D eigenvalue weighted by molar-refractivity contribution is 7.93. The first-order chi connectivity index (χ1) is 15.0. The van der Waals surface area contributed by atoms with Crippen LogP contribution in [0.3, 0.4) is 0 Å². The summed E-state index contributed by atoms with van der Waals surface area (Å²) in [5.41, 5.74) is 0.494. The van der Waals surface area contributed by atoms with E-state index in [0.717, 1.165) is 24.0 Å². The van der Waals surface area contributed by atoms with Crippen molar-refractivity contribution in [2.45, 2.75) is 55.9 Å². The van der Waals surface area contributed by atoms with Crippen LogP contribution in [0.1, 0.15) is 51.5 Å². The smallest absolute Gasteiger partial charge is 0.178 e. The van der Waals surface area contributed by atoms with Gasteiger partial charge in [0.15, 0.2) is 19.8 Å². The second-order valence-electron chi connectivity index (χ2n) is 10.5. The van der Waals surface area contributed by atoms with E-state index >= 15 is 0 Å². The first-order valence-electron chi connectivity index (χ1n) is 11.4. The number of alkyl halides is 1. The van der Waals surface area contributed by atoms with E-state index in [0.29, 0.717) is 12.8 Å². The lowest BCUT2D eigenvalue weighted by molar-refractivity contribution is -0.141. The molecule has 1 aromatic rings. The number of sulfone groups is 1. The highest BCUT2D eigenvalue weighted by atomic mass is 35.5. The van der Waals surface area contributed by atoms with Crippen LogP contribution in [-0.4, -0.2) is 24.2 Å². The minimum absolute atomic E-state index is 0.0170. The molecule has 0 N–H and O–H groups in total. The average Bonchev–Trinajstić information content (AvgIpc) is 3.01. The lowest BCUT2D eigenvalue weighted by Crippen LogP contribution is -2.58. The van der Waals surface area contributed by atoms with Gasteiger partial charge in [-0.2, -0.15) is 0 Å². The number of fused-ring (bicyclic) bond motifs is 5. The van der Waals surface area contributed by atoms with Crippen molar-refractivity contribution in [2.24, 2.45) is 28.6 Å². The fraction of sp³-hybridized carbons (Fsp3) is 0.538. The van der Waals surface area contributed by atoms with E-state index in [2.05, 4.69) is 6.92 Å². The van der Waals surface area contributed by atoms with Gasteiger partial charge in [-0.1, -0.05) is 55.8 Å². The van der Waals surface area contributed by atoms with Crippen LogP contribution in [0.15, 0.2) is 54.1 Å². The van der Waals surface area contributed by atoms with Gasteiger partial charge in [0.25, 0.3) is 0 Å². The second kappa shape index (κ2) is 7.14. The molecule has 0 heterocycles. The van der Waals surface area contributed by atoms with E-state index in [9.17, 15) is 18.0 Å². The Morgan fingerprint density at radius 1 is 1.09 bits per heavy atom. The van der Waals surface area contributed by atoms with Gasteiger partial charge < -0.3 is 0 Å². The van der Waals surface area contributed by atoms with Crippen molar-refractivity contribution in [1.29, 1.82) is 0 Å². The SMILES string of the molecule is C[C@]12C=CC(=O)C=C1CC[C@@H]1[C@@H]2C(=O)C[C@@]2(C)[C@H]1CC[C@]2(Cl)S(=O)(=O)Cc1ccccc1. The van der Waals surface area contributed by atoms with Crippen LogP contribution in [0.25, 0.3) is 0 Å². The maximum Gasteiger partial charge on any atom is 0.178 e. The van der Waals surface area contributed by atoms with Crippen LogP contribution in [0.5, 0.6) is 0 Å². The number of benzene rings is 1. The zero-order valence-electron chi connectivity index (χ0n) is 18.5. The Bertz CT molecular complexity index is 1150. The number of carbonyl (C=O) groups excluding carboxylic acids is 2. The number of halogens is 1. The summed E-state index contributed by atoms with van der Waals surface area (Å²) >= 11 is 7.10. The molecule has 0 aromatic heterocycles. The van der Waals surface area contributed by atoms with Gasteiger partial charge in [0.2, 0.25) is 0 Å². The van der Waals surface area contributed by atoms with Gasteiger partial charge in [-0.05, 0) is 55.2 Å². The Morgan fingerprint density at radius 3 is 2.53 bits per heavy atom. The molecule has 0 spiro atoms. The standard InChI is InChI=1S/C26H29ClO4S/c1-24-12-10-19(28)14-18(24)8-9-20-21-11-13-26(27,25(21,2)15-22(29)23(20)24)32(30,31)16-17-6-4-3-5-7-17/h3-7,10,12,14,20-21,23H,8-9,11,13,15-16H2,1-2H3/t20-,21-,23+,24-,25-,26-/m0/s1. The van der Waals surface area contributed by atoms with Crippen LogP contribution in [-0.2, 0) is 25.2 Å². The minimum atomic E-state index is -3.71. The fourth-order valence-electron chi connectivity index (χ4n) is 7.39. The molecular formula is C26H29ClO4S. The zero-order valence-corrected chi connectivity index (χ0v) is 20.1. The molecule has 32 heavy (non-hydrogen) atoms. The van der Waals surface area contributed by atoms with Crippen molar-refractivity contribution in [1.82, 2.24) is 0 Å². The summed E-state index contributed by atoms with van der Waals surface area (Å²) in [5, 5.41) is 0. The molecular weight excluding hydrogens is 444 g/mol. The van der Waals surface area contributed by atoms with E-state index in [-0.39, 0.29) is 41.5 Å². The van der Waals surface area contributed by atoms with Gasteiger partial charge >= 0.3 is 0 Å². The summed E-state index contributed by atoms with van der Waals surface area (Å²) in [5.74, 6) is -0.122. The average molecular weight is 473 g/mol. The Morgan fingerprint density at radius 2 is 1.81 bits per heavy atom. The van der Waals surface area contributed by atoms with Crippen molar-refractivity contribution in [2.75, 3.05) is 0 Å². The van der Waals surface area contributed by atoms with E-state index in [4.69, 9.17) is 11.6 Å². The largest absolute Gasteiger partial charge is 0.299 e. The fourth-order valence-corrected chi connectivity index (χ4v) is 10.1. The highest BCUT2D eigenvalue weighted by Crippen LogP contribution is 2.68. The third-order valence-corrected chi connectivity index (χ3v) is 12.7. The van der Waals surface area contributed by atoms with Gasteiger partial charge in [0.1, 0.15) is 5.78 Å². The highest BCUT2D eigenvalue weighted by Gasteiger charge is 2.69. The normalized spacial score (nSPS) is 41.0. The van der Waals surface area contributed by atoms with Crippen molar-refractivity contribution in [3.63, 3.8) is 0 Å². The molecule has 3 saturated carbocycles. The second-order valence-corrected chi connectivity index (χ2v) is 13.6. The summed E-state index contributed by atoms with van der Waals surface area (Å²) in [7, 11) is -3.71. The molecule has 0 saturated heterocycles. The summed E-state index contributed by atoms with van der Waals surface area (Å²) in [6, 6.07) is 9.13. The number of hydrogen-bond acceptors (Lipinski definition) is 4. The monoisotopic (exact) mass is 472 g/mol. The summed E-state index contributed by atoms with van der Waals surface area (Å²) in [6.45, 7) is 4.00. The van der Waals surface area contributed by atoms with Crippen molar-refractivity contribution in [3.8, 4) is 0 Å². The van der Waals surface area contributed by atoms with Crippen LogP contribution in [0.4, 0.5) is 0 Å². The molecule has 3 fully saturated rings. The Labute approximate surface area is 195 Å². The maximum absolute atomic E-state index is 13.7. The van der Waals surface area contributed by atoms with Crippen molar-refractivity contribution < 1.29 is 18.0 Å². The lowest BCUT2D eigenvalue weighted by atomic mass is 9.48. The number of carbonyl (C=O) groups is 2. The Balaban J connectivity index is 1.52. The number of ketones is 2. The van der Waals surface area contributed by atoms with Gasteiger partial charge in [0.05, 0.1) is 5.75 Å². The molecule has 6 heteroatoms. The first-order valence-corrected chi connectivity index (χ1v) is 13.5. The minimum Gasteiger partial charge on any atom is -0.299 e. The number of allylic oxidation sites excluding steroid dienone is 4. The predicted octanol–water partition coefficient (Wildman–Crippen LogP) is 5.02. The van der Waals surface area contributed by atoms with Gasteiger partial charge in [0, 0.05) is 23.2 Å². The third-order valence-electron chi connectivity index (χ3n) is 8.97. The number of rotatable bonds is 3. The molecule has 1 aromatic carbocycles. The molecule has 170 valence electrons. The predicted molar refractivity (Wildman–Crippen MR) is 125 cm³/mol.